The van der Waals surface area contributed by atoms with Crippen LogP contribution in [0.5, 0.6) is 0 Å². The number of rotatable bonds is 8. The number of hydrogen-bond acceptors (Lipinski definition) is 6. The molecule has 1 aromatic carbocycles. The first-order chi connectivity index (χ1) is 13.5. The monoisotopic (exact) mass is 380 g/mol. The van der Waals surface area contributed by atoms with E-state index in [0.717, 1.165) is 18.9 Å². The van der Waals surface area contributed by atoms with E-state index in [1.807, 2.05) is 12.1 Å². The second-order valence-corrected chi connectivity index (χ2v) is 6.44. The molecule has 1 N–H and O–H groups in total. The number of anilines is 2. The lowest BCUT2D eigenvalue weighted by Crippen LogP contribution is -2.23. The van der Waals surface area contributed by atoms with Crippen LogP contribution in [-0.2, 0) is 11.2 Å². The highest BCUT2D eigenvalue weighted by Crippen LogP contribution is 2.14. The molecule has 8 nitrogen and oxygen atoms in total. The van der Waals surface area contributed by atoms with Crippen molar-refractivity contribution in [1.29, 1.82) is 0 Å². The maximum absolute atomic E-state index is 12.3. The molecule has 0 saturated carbocycles. The van der Waals surface area contributed by atoms with Crippen molar-refractivity contribution in [2.75, 3.05) is 23.3 Å². The fourth-order valence-corrected chi connectivity index (χ4v) is 2.96. The van der Waals surface area contributed by atoms with Crippen molar-refractivity contribution in [3.8, 4) is 0 Å². The Labute approximate surface area is 163 Å². The van der Waals surface area contributed by atoms with Crippen molar-refractivity contribution < 1.29 is 9.59 Å². The Morgan fingerprint density at radius 2 is 1.89 bits per heavy atom. The van der Waals surface area contributed by atoms with Gasteiger partial charge in [0.1, 0.15) is 5.82 Å². The number of benzene rings is 1. The summed E-state index contributed by atoms with van der Waals surface area (Å²) < 4.78 is 1.69. The quantitative estimate of drug-likeness (QED) is 0.604. The van der Waals surface area contributed by atoms with Crippen LogP contribution >= 0.6 is 0 Å². The Hall–Kier alpha value is -3.29. The summed E-state index contributed by atoms with van der Waals surface area (Å²) in [6.07, 6.45) is 0.649. The summed E-state index contributed by atoms with van der Waals surface area (Å²) in [6.45, 7) is 7.36. The summed E-state index contributed by atoms with van der Waals surface area (Å²) in [7, 11) is 0. The van der Waals surface area contributed by atoms with Crippen molar-refractivity contribution in [3.63, 3.8) is 0 Å². The summed E-state index contributed by atoms with van der Waals surface area (Å²) in [5, 5.41) is 15.7. The zero-order chi connectivity index (χ0) is 20.1. The molecule has 8 heteroatoms. The van der Waals surface area contributed by atoms with E-state index in [4.69, 9.17) is 0 Å². The van der Waals surface area contributed by atoms with E-state index in [1.165, 1.54) is 6.92 Å². The molecule has 0 aliphatic heterocycles. The fraction of sp³-hybridized carbons (Fsp3) is 0.350. The SMILES string of the molecule is CCN(CC)c1ccc2nnc(CCC(=O)Nc3cccc(C(C)=O)c3)n2n1. The Balaban J connectivity index is 1.69. The van der Waals surface area contributed by atoms with Gasteiger partial charge in [0.05, 0.1) is 0 Å². The number of nitrogens with zero attached hydrogens (tertiary/aromatic N) is 5. The minimum Gasteiger partial charge on any atom is -0.356 e. The van der Waals surface area contributed by atoms with Crippen LogP contribution < -0.4 is 10.2 Å². The third-order valence-electron chi connectivity index (χ3n) is 4.53. The fourth-order valence-electron chi connectivity index (χ4n) is 2.96. The van der Waals surface area contributed by atoms with Gasteiger partial charge in [0, 0.05) is 37.2 Å². The zero-order valence-electron chi connectivity index (χ0n) is 16.3. The Morgan fingerprint density at radius 3 is 2.61 bits per heavy atom. The van der Waals surface area contributed by atoms with Gasteiger partial charge in [0.15, 0.2) is 17.3 Å². The number of nitrogens with one attached hydrogen (secondary N) is 1. The summed E-state index contributed by atoms with van der Waals surface area (Å²) in [5.41, 5.74) is 1.82. The molecular weight excluding hydrogens is 356 g/mol. The van der Waals surface area contributed by atoms with E-state index in [-0.39, 0.29) is 18.1 Å². The largest absolute Gasteiger partial charge is 0.356 e. The minimum absolute atomic E-state index is 0.0406. The van der Waals surface area contributed by atoms with Crippen molar-refractivity contribution in [2.45, 2.75) is 33.6 Å². The molecule has 0 aliphatic rings. The minimum atomic E-state index is -0.155. The lowest BCUT2D eigenvalue weighted by molar-refractivity contribution is -0.116. The molecule has 28 heavy (non-hydrogen) atoms. The number of aryl methyl sites for hydroxylation is 1. The van der Waals surface area contributed by atoms with Gasteiger partial charge in [-0.15, -0.1) is 15.3 Å². The van der Waals surface area contributed by atoms with Crippen molar-refractivity contribution >= 4 is 28.8 Å². The van der Waals surface area contributed by atoms with Crippen LogP contribution in [0.2, 0.25) is 0 Å². The van der Waals surface area contributed by atoms with Crippen LogP contribution in [0.4, 0.5) is 11.5 Å². The van der Waals surface area contributed by atoms with E-state index in [2.05, 4.69) is 39.4 Å². The van der Waals surface area contributed by atoms with Crippen LogP contribution in [0, 0.1) is 0 Å². The average Bonchev–Trinajstić information content (AvgIpc) is 3.10. The predicted molar refractivity (Wildman–Crippen MR) is 108 cm³/mol. The van der Waals surface area contributed by atoms with Crippen LogP contribution in [0.25, 0.3) is 5.65 Å². The summed E-state index contributed by atoms with van der Waals surface area (Å²) >= 11 is 0. The number of Topliss-reactive ketones (excluding diaryl/α,β-unsaturated/α-hetero) is 1. The van der Waals surface area contributed by atoms with Gasteiger partial charge in [-0.3, -0.25) is 9.59 Å². The van der Waals surface area contributed by atoms with Crippen LogP contribution in [0.15, 0.2) is 36.4 Å². The highest BCUT2D eigenvalue weighted by molar-refractivity contribution is 5.97. The van der Waals surface area contributed by atoms with E-state index >= 15 is 0 Å². The Bertz CT molecular complexity index is 993. The molecule has 2 heterocycles. The third-order valence-corrected chi connectivity index (χ3v) is 4.53. The Kier molecular flexibility index (Phi) is 5.98. The molecule has 0 saturated heterocycles. The van der Waals surface area contributed by atoms with E-state index in [0.29, 0.717) is 29.1 Å². The van der Waals surface area contributed by atoms with Crippen LogP contribution in [0.3, 0.4) is 0 Å². The van der Waals surface area contributed by atoms with Crippen molar-refractivity contribution in [1.82, 2.24) is 19.8 Å². The van der Waals surface area contributed by atoms with E-state index in [9.17, 15) is 9.59 Å². The molecular formula is C20H24N6O2. The second kappa shape index (κ2) is 8.60. The van der Waals surface area contributed by atoms with Crippen molar-refractivity contribution in [2.24, 2.45) is 0 Å². The standard InChI is InChI=1S/C20H24N6O2/c1-4-25(5-2)19-10-9-17-22-23-18(26(17)24-19)11-12-20(28)21-16-8-6-7-15(13-16)14(3)27/h6-10,13H,4-5,11-12H2,1-3H3,(H,21,28). The van der Waals surface area contributed by atoms with Gasteiger partial charge in [-0.2, -0.15) is 4.52 Å². The number of ketones is 1. The maximum Gasteiger partial charge on any atom is 0.224 e. The van der Waals surface area contributed by atoms with Gasteiger partial charge in [0.25, 0.3) is 0 Å². The molecule has 0 radical (unpaired) electrons. The number of carbonyl (C=O) groups excluding carboxylic acids is 2. The van der Waals surface area contributed by atoms with E-state index < -0.39 is 0 Å². The summed E-state index contributed by atoms with van der Waals surface area (Å²) in [6, 6.07) is 10.7. The average molecular weight is 380 g/mol. The lowest BCUT2D eigenvalue weighted by Gasteiger charge is -2.19. The predicted octanol–water partition coefficient (Wildman–Crippen LogP) is 2.74. The highest BCUT2D eigenvalue weighted by atomic mass is 16.1. The maximum atomic E-state index is 12.3. The van der Waals surface area contributed by atoms with Crippen molar-refractivity contribution in [3.05, 3.63) is 47.8 Å². The smallest absolute Gasteiger partial charge is 0.224 e. The van der Waals surface area contributed by atoms with Gasteiger partial charge in [0.2, 0.25) is 5.91 Å². The summed E-state index contributed by atoms with van der Waals surface area (Å²) in [4.78, 5) is 25.9. The summed E-state index contributed by atoms with van der Waals surface area (Å²) in [5.74, 6) is 1.29. The molecule has 3 rings (SSSR count). The molecule has 0 fully saturated rings. The molecule has 0 spiro atoms. The molecule has 1 amide bonds. The first kappa shape index (κ1) is 19.5. The van der Waals surface area contributed by atoms with Gasteiger partial charge in [-0.1, -0.05) is 12.1 Å². The molecule has 3 aromatic rings. The number of amides is 1. The van der Waals surface area contributed by atoms with Crippen LogP contribution in [-0.4, -0.2) is 44.6 Å². The van der Waals surface area contributed by atoms with Crippen LogP contribution in [0.1, 0.15) is 43.4 Å². The topological polar surface area (TPSA) is 92.5 Å². The molecule has 0 unspecified atom stereocenters. The van der Waals surface area contributed by atoms with Gasteiger partial charge in [-0.25, -0.2) is 0 Å². The van der Waals surface area contributed by atoms with Gasteiger partial charge >= 0.3 is 0 Å². The zero-order valence-corrected chi connectivity index (χ0v) is 16.3. The number of aromatic nitrogens is 4. The molecule has 0 bridgehead atoms. The molecule has 0 aliphatic carbocycles. The second-order valence-electron chi connectivity index (χ2n) is 6.44. The van der Waals surface area contributed by atoms with E-state index in [1.54, 1.807) is 28.8 Å². The third kappa shape index (κ3) is 4.33. The number of carbonyl (C=O) groups is 2. The molecule has 2 aromatic heterocycles. The highest BCUT2D eigenvalue weighted by Gasteiger charge is 2.12. The first-order valence-corrected chi connectivity index (χ1v) is 9.39. The normalized spacial score (nSPS) is 10.8. The molecule has 0 atom stereocenters. The number of hydrogen-bond donors (Lipinski definition) is 1. The number of fused-ring (bicyclic) bond motifs is 1. The Morgan fingerprint density at radius 1 is 1.11 bits per heavy atom. The lowest BCUT2D eigenvalue weighted by atomic mass is 10.1. The molecule has 146 valence electrons. The van der Waals surface area contributed by atoms with Gasteiger partial charge in [-0.05, 0) is 45.0 Å². The first-order valence-electron chi connectivity index (χ1n) is 9.39. The van der Waals surface area contributed by atoms with Gasteiger partial charge < -0.3 is 10.2 Å².